The van der Waals surface area contributed by atoms with Crippen LogP contribution in [0.1, 0.15) is 24.0 Å². The first-order chi connectivity index (χ1) is 8.13. The maximum atomic E-state index is 11.3. The molecular weight excluding hydrogens is 214 g/mol. The molecule has 0 saturated carbocycles. The van der Waals surface area contributed by atoms with Gasteiger partial charge in [-0.15, -0.1) is 0 Å². The molecule has 0 heterocycles. The number of rotatable bonds is 3. The van der Waals surface area contributed by atoms with Crippen LogP contribution in [0.15, 0.2) is 30.3 Å². The normalized spacial score (nSPS) is 17.4. The summed E-state index contributed by atoms with van der Waals surface area (Å²) in [6.07, 6.45) is 2.19. The molecule has 1 aliphatic carbocycles. The lowest BCUT2D eigenvalue weighted by atomic mass is 10.0. The molecule has 0 aromatic heterocycles. The van der Waals surface area contributed by atoms with Crippen LogP contribution in [0.3, 0.4) is 0 Å². The number of fused-ring (bicyclic) bond motifs is 1. The van der Waals surface area contributed by atoms with Crippen LogP contribution in [0.25, 0.3) is 5.70 Å². The Hall–Kier alpha value is -1.77. The second-order valence-corrected chi connectivity index (χ2v) is 4.36. The molecule has 90 valence electrons. The van der Waals surface area contributed by atoms with Crippen molar-refractivity contribution in [3.63, 3.8) is 0 Å². The highest BCUT2D eigenvalue weighted by Gasteiger charge is 2.22. The van der Waals surface area contributed by atoms with Crippen molar-refractivity contribution in [2.75, 3.05) is 20.7 Å². The van der Waals surface area contributed by atoms with Gasteiger partial charge in [0.1, 0.15) is 6.54 Å². The van der Waals surface area contributed by atoms with Crippen molar-refractivity contribution < 1.29 is 9.53 Å². The molecule has 2 rings (SSSR count). The summed E-state index contributed by atoms with van der Waals surface area (Å²) in [5.74, 6) is 0.187. The van der Waals surface area contributed by atoms with Gasteiger partial charge in [0.05, 0.1) is 7.11 Å². The van der Waals surface area contributed by atoms with Crippen LogP contribution in [-0.4, -0.2) is 31.6 Å². The van der Waals surface area contributed by atoms with Crippen molar-refractivity contribution in [2.24, 2.45) is 0 Å². The molecule has 0 radical (unpaired) electrons. The van der Waals surface area contributed by atoms with Crippen molar-refractivity contribution in [2.45, 2.75) is 12.8 Å². The Labute approximate surface area is 102 Å². The summed E-state index contributed by atoms with van der Waals surface area (Å²) < 4.78 is 4.69. The van der Waals surface area contributed by atoms with Gasteiger partial charge in [-0.25, -0.2) is 0 Å². The summed E-state index contributed by atoms with van der Waals surface area (Å²) in [5, 5.41) is 0. The van der Waals surface area contributed by atoms with E-state index in [0.717, 1.165) is 5.70 Å². The third kappa shape index (κ3) is 2.18. The molecule has 1 aromatic rings. The molecule has 0 N–H and O–H groups in total. The highest BCUT2D eigenvalue weighted by Crippen LogP contribution is 2.36. The second-order valence-electron chi connectivity index (χ2n) is 4.36. The van der Waals surface area contributed by atoms with Crippen molar-refractivity contribution in [1.82, 2.24) is 4.90 Å². The van der Waals surface area contributed by atoms with Crippen LogP contribution < -0.4 is 0 Å². The quantitative estimate of drug-likeness (QED) is 0.747. The number of esters is 1. The molecule has 17 heavy (non-hydrogen) atoms. The number of nitrogens with zero attached hydrogens (tertiary/aromatic N) is 1. The van der Waals surface area contributed by atoms with E-state index >= 15 is 0 Å². The van der Waals surface area contributed by atoms with Gasteiger partial charge in [-0.1, -0.05) is 37.3 Å². The highest BCUT2D eigenvalue weighted by molar-refractivity contribution is 5.78. The first-order valence-corrected chi connectivity index (χ1v) is 5.72. The summed E-state index contributed by atoms with van der Waals surface area (Å²) in [4.78, 5) is 13.2. The Balaban J connectivity index is 2.23. The molecule has 3 nitrogen and oxygen atoms in total. The van der Waals surface area contributed by atoms with E-state index in [-0.39, 0.29) is 12.5 Å². The molecular formula is C14H17NO2. The van der Waals surface area contributed by atoms with Gasteiger partial charge < -0.3 is 9.64 Å². The van der Waals surface area contributed by atoms with Crippen LogP contribution in [-0.2, 0) is 9.53 Å². The van der Waals surface area contributed by atoms with Gasteiger partial charge in [0, 0.05) is 24.2 Å². The smallest absolute Gasteiger partial charge is 0.325 e. The van der Waals surface area contributed by atoms with Crippen LogP contribution in [0.4, 0.5) is 0 Å². The Bertz CT molecular complexity index is 465. The van der Waals surface area contributed by atoms with E-state index in [1.54, 1.807) is 0 Å². The fraction of sp³-hybridized carbons (Fsp3) is 0.357. The van der Waals surface area contributed by atoms with Crippen LogP contribution in [0, 0.1) is 0 Å². The number of methoxy groups -OCH3 is 1. The number of allylic oxidation sites excluding steroid dienone is 1. The fourth-order valence-electron chi connectivity index (χ4n) is 2.22. The van der Waals surface area contributed by atoms with Crippen molar-refractivity contribution in [3.05, 3.63) is 41.5 Å². The molecule has 1 atom stereocenters. The van der Waals surface area contributed by atoms with Gasteiger partial charge in [-0.2, -0.15) is 0 Å². The number of hydrogen-bond donors (Lipinski definition) is 0. The van der Waals surface area contributed by atoms with E-state index in [1.807, 2.05) is 24.1 Å². The standard InChI is InChI=1S/C14H17NO2/c1-10-8-13(15(2)9-14(16)17-3)12-7-5-4-6-11(10)12/h4-8,10H,9H2,1-3H3/t10-/m0/s1. The lowest BCUT2D eigenvalue weighted by molar-refractivity contribution is -0.140. The molecule has 0 amide bonds. The summed E-state index contributed by atoms with van der Waals surface area (Å²) >= 11 is 0. The van der Waals surface area contributed by atoms with Gasteiger partial charge in [0.2, 0.25) is 0 Å². The van der Waals surface area contributed by atoms with Gasteiger partial charge >= 0.3 is 5.97 Å². The minimum Gasteiger partial charge on any atom is -0.468 e. The lowest BCUT2D eigenvalue weighted by Gasteiger charge is -2.20. The Morgan fingerprint density at radius 2 is 2.12 bits per heavy atom. The van der Waals surface area contributed by atoms with E-state index < -0.39 is 0 Å². The number of carbonyl (C=O) groups excluding carboxylic acids is 1. The van der Waals surface area contributed by atoms with Crippen molar-refractivity contribution in [3.8, 4) is 0 Å². The van der Waals surface area contributed by atoms with Crippen LogP contribution in [0.5, 0.6) is 0 Å². The van der Waals surface area contributed by atoms with Crippen LogP contribution >= 0.6 is 0 Å². The SMILES string of the molecule is COC(=O)CN(C)C1=C[C@H](C)c2ccccc21. The van der Waals surface area contributed by atoms with Crippen molar-refractivity contribution in [1.29, 1.82) is 0 Å². The molecule has 0 saturated heterocycles. The number of benzene rings is 1. The van der Waals surface area contributed by atoms with Gasteiger partial charge in [0.25, 0.3) is 0 Å². The van der Waals surface area contributed by atoms with Crippen molar-refractivity contribution >= 4 is 11.7 Å². The molecule has 0 bridgehead atoms. The molecule has 3 heteroatoms. The Morgan fingerprint density at radius 1 is 1.41 bits per heavy atom. The maximum Gasteiger partial charge on any atom is 0.325 e. The third-order valence-corrected chi connectivity index (χ3v) is 3.14. The van der Waals surface area contributed by atoms with Gasteiger partial charge in [-0.3, -0.25) is 4.79 Å². The van der Waals surface area contributed by atoms with Crippen LogP contribution in [0.2, 0.25) is 0 Å². The Morgan fingerprint density at radius 3 is 2.82 bits per heavy atom. The summed E-state index contributed by atoms with van der Waals surface area (Å²) in [7, 11) is 3.33. The van der Waals surface area contributed by atoms with E-state index in [0.29, 0.717) is 5.92 Å². The zero-order chi connectivity index (χ0) is 12.4. The topological polar surface area (TPSA) is 29.5 Å². The van der Waals surface area contributed by atoms with E-state index in [9.17, 15) is 4.79 Å². The average molecular weight is 231 g/mol. The highest BCUT2D eigenvalue weighted by atomic mass is 16.5. The largest absolute Gasteiger partial charge is 0.468 e. The average Bonchev–Trinajstić information content (AvgIpc) is 2.67. The van der Waals surface area contributed by atoms with Gasteiger partial charge in [-0.05, 0) is 5.56 Å². The summed E-state index contributed by atoms with van der Waals surface area (Å²) in [5.41, 5.74) is 3.64. The molecule has 0 fully saturated rings. The number of hydrogen-bond acceptors (Lipinski definition) is 3. The number of ether oxygens (including phenoxy) is 1. The minimum atomic E-state index is -0.217. The zero-order valence-corrected chi connectivity index (χ0v) is 10.4. The fourth-order valence-corrected chi connectivity index (χ4v) is 2.22. The third-order valence-electron chi connectivity index (χ3n) is 3.14. The summed E-state index contributed by atoms with van der Waals surface area (Å²) in [6.45, 7) is 2.45. The molecule has 1 aliphatic rings. The van der Waals surface area contributed by atoms with Gasteiger partial charge in [0.15, 0.2) is 0 Å². The number of carbonyl (C=O) groups is 1. The molecule has 0 spiro atoms. The number of likely N-dealkylation sites (N-methyl/N-ethyl adjacent to an activating group) is 1. The van der Waals surface area contributed by atoms with E-state index in [4.69, 9.17) is 0 Å². The second kappa shape index (κ2) is 4.62. The first-order valence-electron chi connectivity index (χ1n) is 5.72. The molecule has 1 aromatic carbocycles. The maximum absolute atomic E-state index is 11.3. The Kier molecular flexibility index (Phi) is 3.18. The summed E-state index contributed by atoms with van der Waals surface area (Å²) in [6, 6.07) is 8.30. The first kappa shape index (κ1) is 11.7. The zero-order valence-electron chi connectivity index (χ0n) is 10.4. The monoisotopic (exact) mass is 231 g/mol. The molecule has 0 aliphatic heterocycles. The molecule has 0 unspecified atom stereocenters. The predicted octanol–water partition coefficient (Wildman–Crippen LogP) is 2.25. The lowest BCUT2D eigenvalue weighted by Crippen LogP contribution is -2.25. The minimum absolute atomic E-state index is 0.217. The van der Waals surface area contributed by atoms with E-state index in [1.165, 1.54) is 18.2 Å². The van der Waals surface area contributed by atoms with E-state index in [2.05, 4.69) is 29.9 Å². The predicted molar refractivity (Wildman–Crippen MR) is 67.5 cm³/mol.